The summed E-state index contributed by atoms with van der Waals surface area (Å²) in [6.45, 7) is 2.76. The zero-order valence-corrected chi connectivity index (χ0v) is 12.6. The Hall–Kier alpha value is -1.53. The molecule has 0 unspecified atom stereocenters. The number of hydrogen-bond acceptors (Lipinski definition) is 5. The van der Waals surface area contributed by atoms with Crippen LogP contribution in [-0.2, 0) is 0 Å². The largest absolute Gasteiger partial charge is 0.370 e. The lowest BCUT2D eigenvalue weighted by molar-refractivity contribution is 0.628. The van der Waals surface area contributed by atoms with Gasteiger partial charge < -0.3 is 10.6 Å². The second-order valence-electron chi connectivity index (χ2n) is 3.91. The number of halogens is 2. The topological polar surface area (TPSA) is 49.8 Å². The second kappa shape index (κ2) is 6.76. The molecule has 0 amide bonds. The Bertz CT molecular complexity index is 609. The third-order valence-electron chi connectivity index (χ3n) is 2.44. The van der Waals surface area contributed by atoms with Gasteiger partial charge in [0.05, 0.1) is 5.02 Å². The van der Waals surface area contributed by atoms with Crippen LogP contribution in [0.3, 0.4) is 0 Å². The van der Waals surface area contributed by atoms with E-state index in [4.69, 9.17) is 11.6 Å². The Morgan fingerprint density at radius 3 is 2.65 bits per heavy atom. The fourth-order valence-electron chi connectivity index (χ4n) is 1.57. The van der Waals surface area contributed by atoms with Crippen LogP contribution in [0, 0.1) is 5.82 Å². The number of aromatic nitrogens is 2. The summed E-state index contributed by atoms with van der Waals surface area (Å²) in [6.07, 6.45) is 1.91. The Labute approximate surface area is 126 Å². The smallest absolute Gasteiger partial charge is 0.191 e. The molecule has 2 N–H and O–H groups in total. The third kappa shape index (κ3) is 3.74. The van der Waals surface area contributed by atoms with E-state index in [1.165, 1.54) is 23.9 Å². The molecule has 0 saturated carbocycles. The second-order valence-corrected chi connectivity index (χ2v) is 5.09. The molecule has 4 nitrogen and oxygen atoms in total. The van der Waals surface area contributed by atoms with Gasteiger partial charge in [-0.05, 0) is 31.4 Å². The van der Waals surface area contributed by atoms with Gasteiger partial charge in [0.15, 0.2) is 5.16 Å². The van der Waals surface area contributed by atoms with Gasteiger partial charge in [0.2, 0.25) is 0 Å². The summed E-state index contributed by atoms with van der Waals surface area (Å²) in [5.41, 5.74) is 0.671. The molecule has 0 atom stereocenters. The van der Waals surface area contributed by atoms with Crippen molar-refractivity contribution < 1.29 is 4.39 Å². The van der Waals surface area contributed by atoms with E-state index in [-0.39, 0.29) is 5.02 Å². The zero-order chi connectivity index (χ0) is 14.5. The average Bonchev–Trinajstić information content (AvgIpc) is 2.43. The molecule has 7 heteroatoms. The summed E-state index contributed by atoms with van der Waals surface area (Å²) in [7, 11) is 0. The van der Waals surface area contributed by atoms with Crippen molar-refractivity contribution in [2.45, 2.75) is 12.1 Å². The highest BCUT2D eigenvalue weighted by Crippen LogP contribution is 2.24. The van der Waals surface area contributed by atoms with Crippen LogP contribution in [-0.4, -0.2) is 22.8 Å². The van der Waals surface area contributed by atoms with E-state index in [2.05, 4.69) is 20.6 Å². The molecule has 0 aliphatic heterocycles. The molecule has 1 aromatic carbocycles. The molecule has 0 aliphatic carbocycles. The van der Waals surface area contributed by atoms with Crippen LogP contribution in [0.1, 0.15) is 6.92 Å². The first-order valence-corrected chi connectivity index (χ1v) is 7.61. The quantitative estimate of drug-likeness (QED) is 0.641. The lowest BCUT2D eigenvalue weighted by Gasteiger charge is -2.10. The number of nitrogens with one attached hydrogen (secondary N) is 2. The Morgan fingerprint density at radius 2 is 2.00 bits per heavy atom. The molecule has 20 heavy (non-hydrogen) atoms. The van der Waals surface area contributed by atoms with Gasteiger partial charge in [-0.2, -0.15) is 0 Å². The van der Waals surface area contributed by atoms with Crippen LogP contribution in [0.15, 0.2) is 29.4 Å². The predicted octanol–water partition coefficient (Wildman–Crippen LogP) is 4.17. The molecule has 1 heterocycles. The maximum absolute atomic E-state index is 13.1. The Kier molecular flexibility index (Phi) is 5.03. The van der Waals surface area contributed by atoms with E-state index in [0.717, 1.165) is 12.4 Å². The molecular weight excluding hydrogens is 299 g/mol. The van der Waals surface area contributed by atoms with Crippen molar-refractivity contribution >= 4 is 40.7 Å². The normalized spacial score (nSPS) is 10.4. The summed E-state index contributed by atoms with van der Waals surface area (Å²) in [4.78, 5) is 8.68. The summed E-state index contributed by atoms with van der Waals surface area (Å²) in [6, 6.07) is 6.23. The van der Waals surface area contributed by atoms with Crippen molar-refractivity contribution in [2.75, 3.05) is 23.4 Å². The minimum Gasteiger partial charge on any atom is -0.370 e. The van der Waals surface area contributed by atoms with Gasteiger partial charge >= 0.3 is 0 Å². The molecule has 2 aromatic rings. The van der Waals surface area contributed by atoms with E-state index in [1.807, 2.05) is 13.2 Å². The first-order chi connectivity index (χ1) is 9.62. The maximum Gasteiger partial charge on any atom is 0.191 e. The SMILES string of the molecule is CCNc1cc(Nc2ccc(F)c(Cl)c2)nc(SC)n1. The summed E-state index contributed by atoms with van der Waals surface area (Å²) in [5, 5.41) is 6.95. The molecular formula is C13H14ClFN4S. The van der Waals surface area contributed by atoms with Crippen LogP contribution in [0.5, 0.6) is 0 Å². The van der Waals surface area contributed by atoms with E-state index in [9.17, 15) is 4.39 Å². The first kappa shape index (κ1) is 14.9. The van der Waals surface area contributed by atoms with E-state index in [1.54, 1.807) is 12.1 Å². The van der Waals surface area contributed by atoms with Crippen molar-refractivity contribution in [3.8, 4) is 0 Å². The van der Waals surface area contributed by atoms with Gasteiger partial charge in [0.1, 0.15) is 17.5 Å². The van der Waals surface area contributed by atoms with Crippen molar-refractivity contribution in [1.82, 2.24) is 9.97 Å². The lowest BCUT2D eigenvalue weighted by Crippen LogP contribution is -2.03. The molecule has 0 bridgehead atoms. The number of benzene rings is 1. The van der Waals surface area contributed by atoms with Crippen molar-refractivity contribution in [3.63, 3.8) is 0 Å². The predicted molar refractivity (Wildman–Crippen MR) is 82.7 cm³/mol. The lowest BCUT2D eigenvalue weighted by atomic mass is 10.3. The average molecular weight is 313 g/mol. The molecule has 0 saturated heterocycles. The van der Waals surface area contributed by atoms with Crippen molar-refractivity contribution in [1.29, 1.82) is 0 Å². The van der Waals surface area contributed by atoms with E-state index >= 15 is 0 Å². The fourth-order valence-corrected chi connectivity index (χ4v) is 2.13. The van der Waals surface area contributed by atoms with Crippen LogP contribution in [0.2, 0.25) is 5.02 Å². The van der Waals surface area contributed by atoms with Gasteiger partial charge in [-0.3, -0.25) is 0 Å². The molecule has 2 rings (SSSR count). The minimum atomic E-state index is -0.446. The third-order valence-corrected chi connectivity index (χ3v) is 3.28. The molecule has 0 fully saturated rings. The number of anilines is 3. The van der Waals surface area contributed by atoms with Crippen LogP contribution in [0.4, 0.5) is 21.7 Å². The van der Waals surface area contributed by atoms with E-state index < -0.39 is 5.82 Å². The Balaban J connectivity index is 2.27. The number of nitrogens with zero attached hydrogens (tertiary/aromatic N) is 2. The highest BCUT2D eigenvalue weighted by atomic mass is 35.5. The minimum absolute atomic E-state index is 0.0704. The van der Waals surface area contributed by atoms with Crippen LogP contribution >= 0.6 is 23.4 Å². The van der Waals surface area contributed by atoms with Crippen LogP contribution < -0.4 is 10.6 Å². The van der Waals surface area contributed by atoms with Gasteiger partial charge in [-0.15, -0.1) is 0 Å². The highest BCUT2D eigenvalue weighted by Gasteiger charge is 2.06. The molecule has 106 valence electrons. The molecule has 0 radical (unpaired) electrons. The molecule has 0 spiro atoms. The van der Waals surface area contributed by atoms with Crippen molar-refractivity contribution in [3.05, 3.63) is 35.1 Å². The van der Waals surface area contributed by atoms with Gasteiger partial charge in [0, 0.05) is 18.3 Å². The van der Waals surface area contributed by atoms with Gasteiger partial charge in [-0.1, -0.05) is 23.4 Å². The monoisotopic (exact) mass is 312 g/mol. The number of rotatable bonds is 5. The summed E-state index contributed by atoms with van der Waals surface area (Å²) in [5.74, 6) is 0.920. The molecule has 1 aromatic heterocycles. The number of thioether (sulfide) groups is 1. The fraction of sp³-hybridized carbons (Fsp3) is 0.231. The number of hydrogen-bond donors (Lipinski definition) is 2. The van der Waals surface area contributed by atoms with E-state index in [0.29, 0.717) is 16.7 Å². The maximum atomic E-state index is 13.1. The zero-order valence-electron chi connectivity index (χ0n) is 11.1. The first-order valence-electron chi connectivity index (χ1n) is 6.01. The molecule has 0 aliphatic rings. The van der Waals surface area contributed by atoms with Crippen LogP contribution in [0.25, 0.3) is 0 Å². The van der Waals surface area contributed by atoms with Gasteiger partial charge in [0.25, 0.3) is 0 Å². The Morgan fingerprint density at radius 1 is 1.25 bits per heavy atom. The summed E-state index contributed by atoms with van der Waals surface area (Å²) >= 11 is 7.21. The summed E-state index contributed by atoms with van der Waals surface area (Å²) < 4.78 is 13.1. The highest BCUT2D eigenvalue weighted by molar-refractivity contribution is 7.98. The van der Waals surface area contributed by atoms with Crippen molar-refractivity contribution in [2.24, 2.45) is 0 Å². The standard InChI is InChI=1S/C13H14ClFN4S/c1-3-16-11-7-12(19-13(18-11)20-2)17-8-4-5-10(15)9(14)6-8/h4-7H,3H2,1-2H3,(H2,16,17,18,19). The van der Waals surface area contributed by atoms with Gasteiger partial charge in [-0.25, -0.2) is 14.4 Å².